The Morgan fingerprint density at radius 1 is 1.67 bits per heavy atom. The minimum Gasteiger partial charge on any atom is -0.364 e. The predicted molar refractivity (Wildman–Crippen MR) is 62.4 cm³/mol. The van der Waals surface area contributed by atoms with Crippen LogP contribution in [-0.2, 0) is 14.1 Å². The van der Waals surface area contributed by atoms with Crippen LogP contribution in [0.2, 0.25) is 0 Å². The van der Waals surface area contributed by atoms with Crippen LogP contribution in [0.3, 0.4) is 0 Å². The number of rotatable bonds is 5. The van der Waals surface area contributed by atoms with Gasteiger partial charge in [-0.2, -0.15) is 0 Å². The molecular weight excluding hydrogens is 211 g/mol. The molecule has 1 rings (SSSR count). The van der Waals surface area contributed by atoms with Crippen LogP contribution in [0.5, 0.6) is 0 Å². The van der Waals surface area contributed by atoms with Crippen LogP contribution in [0.25, 0.3) is 0 Å². The third-order valence-corrected chi connectivity index (χ3v) is 2.99. The Kier molecular flexibility index (Phi) is 5.44. The zero-order valence-corrected chi connectivity index (χ0v) is 10.3. The zero-order valence-electron chi connectivity index (χ0n) is 9.44. The highest BCUT2D eigenvalue weighted by Crippen LogP contribution is 2.28. The fourth-order valence-corrected chi connectivity index (χ4v) is 2.00. The topological polar surface area (TPSA) is 35.5 Å². The van der Waals surface area contributed by atoms with E-state index in [9.17, 15) is 4.79 Å². The van der Waals surface area contributed by atoms with E-state index in [4.69, 9.17) is 9.26 Å². The molecule has 1 fully saturated rings. The minimum absolute atomic E-state index is 0.0811. The lowest BCUT2D eigenvalue weighted by molar-refractivity contribution is -0.144. The molecule has 0 aliphatic carbocycles. The molecule has 1 aliphatic rings. The van der Waals surface area contributed by atoms with Gasteiger partial charge in [-0.05, 0) is 26.2 Å². The third kappa shape index (κ3) is 4.42. The monoisotopic (exact) mass is 230 g/mol. The number of ketones is 1. The predicted octanol–water partition coefficient (Wildman–Crippen LogP) is 2.35. The summed E-state index contributed by atoms with van der Waals surface area (Å²) in [5.41, 5.74) is 0. The van der Waals surface area contributed by atoms with Crippen LogP contribution in [0.4, 0.5) is 0 Å². The highest BCUT2D eigenvalue weighted by atomic mass is 31.1. The number of Topliss-reactive ketones (excluding diaryl/α,β-unsaturated/α-hetero) is 1. The Morgan fingerprint density at radius 3 is 3.00 bits per heavy atom. The van der Waals surface area contributed by atoms with Crippen LogP contribution < -0.4 is 0 Å². The lowest BCUT2D eigenvalue weighted by atomic mass is 10.0. The average Bonchev–Trinajstić information content (AvgIpc) is 2.19. The summed E-state index contributed by atoms with van der Waals surface area (Å²) in [5.74, 6) is 0.196. The van der Waals surface area contributed by atoms with Crippen molar-refractivity contribution in [2.75, 3.05) is 19.9 Å². The van der Waals surface area contributed by atoms with E-state index in [-0.39, 0.29) is 26.1 Å². The van der Waals surface area contributed by atoms with Gasteiger partial charge in [0.1, 0.15) is 6.10 Å². The molecule has 0 amide bonds. The summed E-state index contributed by atoms with van der Waals surface area (Å²) in [5, 5.41) is 0. The van der Waals surface area contributed by atoms with Crippen molar-refractivity contribution >= 4 is 13.9 Å². The van der Waals surface area contributed by atoms with Crippen molar-refractivity contribution in [2.45, 2.75) is 31.5 Å². The number of carbonyl (C=O) groups excluding carboxylic acids is 1. The smallest absolute Gasteiger partial charge is 0.161 e. The Labute approximate surface area is 92.7 Å². The molecule has 0 bridgehead atoms. The van der Waals surface area contributed by atoms with Gasteiger partial charge in [-0.25, -0.2) is 0 Å². The molecule has 4 heteroatoms. The van der Waals surface area contributed by atoms with E-state index < -0.39 is 0 Å². The zero-order chi connectivity index (χ0) is 11.3. The molecule has 0 N–H and O–H groups in total. The van der Waals surface area contributed by atoms with Crippen molar-refractivity contribution < 1.29 is 14.1 Å². The van der Waals surface area contributed by atoms with Crippen LogP contribution in [0, 0.1) is 0 Å². The molecular formula is C11H19O3P. The second-order valence-corrected chi connectivity index (χ2v) is 5.77. The van der Waals surface area contributed by atoms with Gasteiger partial charge in [0, 0.05) is 14.6 Å². The molecule has 0 saturated carbocycles. The van der Waals surface area contributed by atoms with Crippen LogP contribution in [-0.4, -0.2) is 37.9 Å². The van der Waals surface area contributed by atoms with E-state index in [2.05, 4.69) is 19.9 Å². The molecule has 86 valence electrons. The molecule has 0 spiro atoms. The van der Waals surface area contributed by atoms with Gasteiger partial charge in [-0.15, -0.1) is 6.58 Å². The summed E-state index contributed by atoms with van der Waals surface area (Å²) in [7, 11) is -0.344. The first kappa shape index (κ1) is 12.8. The molecule has 1 saturated heterocycles. The van der Waals surface area contributed by atoms with E-state index in [0.29, 0.717) is 19.4 Å². The fraction of sp³-hybridized carbons (Fsp3) is 0.727. The summed E-state index contributed by atoms with van der Waals surface area (Å²) < 4.78 is 11.2. The molecule has 15 heavy (non-hydrogen) atoms. The maximum Gasteiger partial charge on any atom is 0.161 e. The molecule has 3 nitrogen and oxygen atoms in total. The Balaban J connectivity index is 2.36. The average molecular weight is 230 g/mol. The van der Waals surface area contributed by atoms with Crippen LogP contribution >= 0.6 is 8.15 Å². The van der Waals surface area contributed by atoms with Crippen molar-refractivity contribution in [1.29, 1.82) is 0 Å². The van der Waals surface area contributed by atoms with E-state index in [0.717, 1.165) is 6.42 Å². The second kappa shape index (κ2) is 6.37. The molecule has 1 heterocycles. The lowest BCUT2D eigenvalue weighted by Gasteiger charge is -2.28. The quantitative estimate of drug-likeness (QED) is 0.537. The molecule has 1 aliphatic heterocycles. The van der Waals surface area contributed by atoms with Gasteiger partial charge in [0.2, 0.25) is 0 Å². The van der Waals surface area contributed by atoms with E-state index in [1.54, 1.807) is 6.08 Å². The van der Waals surface area contributed by atoms with Crippen molar-refractivity contribution in [2.24, 2.45) is 0 Å². The SMILES string of the molecule is C=CCC1OC(COP(C)C)CCC1=O. The Hall–Kier alpha value is -0.240. The summed E-state index contributed by atoms with van der Waals surface area (Å²) in [4.78, 5) is 11.5. The Bertz CT molecular complexity index is 228. The number of hydrogen-bond acceptors (Lipinski definition) is 3. The van der Waals surface area contributed by atoms with E-state index in [1.807, 2.05) is 0 Å². The van der Waals surface area contributed by atoms with Gasteiger partial charge in [0.25, 0.3) is 0 Å². The van der Waals surface area contributed by atoms with Crippen LogP contribution in [0.15, 0.2) is 12.7 Å². The van der Waals surface area contributed by atoms with Gasteiger partial charge in [-0.1, -0.05) is 6.08 Å². The third-order valence-electron chi connectivity index (χ3n) is 2.33. The summed E-state index contributed by atoms with van der Waals surface area (Å²) in [6.45, 7) is 8.36. The lowest BCUT2D eigenvalue weighted by Crippen LogP contribution is -2.37. The summed E-state index contributed by atoms with van der Waals surface area (Å²) in [6, 6.07) is 0. The maximum absolute atomic E-state index is 11.5. The molecule has 0 aromatic rings. The van der Waals surface area contributed by atoms with E-state index in [1.165, 1.54) is 0 Å². The minimum atomic E-state index is -0.344. The van der Waals surface area contributed by atoms with Crippen LogP contribution in [0.1, 0.15) is 19.3 Å². The highest BCUT2D eigenvalue weighted by Gasteiger charge is 2.28. The number of carbonyl (C=O) groups is 1. The highest BCUT2D eigenvalue weighted by molar-refractivity contribution is 7.50. The second-order valence-electron chi connectivity index (χ2n) is 3.88. The standard InChI is InChI=1S/C11H19O3P/c1-4-5-11-10(12)7-6-9(14-11)8-13-15(2)3/h4,9,11H,1,5-8H2,2-3H3. The van der Waals surface area contributed by atoms with Crippen molar-refractivity contribution in [3.05, 3.63) is 12.7 Å². The largest absolute Gasteiger partial charge is 0.364 e. The van der Waals surface area contributed by atoms with Crippen molar-refractivity contribution in [3.8, 4) is 0 Å². The molecule has 2 atom stereocenters. The normalized spacial score (nSPS) is 27.0. The molecule has 0 aromatic carbocycles. The maximum atomic E-state index is 11.5. The number of hydrogen-bond donors (Lipinski definition) is 0. The summed E-state index contributed by atoms with van der Waals surface area (Å²) in [6.07, 6.45) is 3.54. The van der Waals surface area contributed by atoms with Gasteiger partial charge >= 0.3 is 0 Å². The first-order valence-corrected chi connectivity index (χ1v) is 7.38. The molecule has 0 aromatic heterocycles. The summed E-state index contributed by atoms with van der Waals surface area (Å²) >= 11 is 0. The number of ether oxygens (including phenoxy) is 1. The Morgan fingerprint density at radius 2 is 2.40 bits per heavy atom. The van der Waals surface area contributed by atoms with Crippen molar-refractivity contribution in [3.63, 3.8) is 0 Å². The van der Waals surface area contributed by atoms with Crippen molar-refractivity contribution in [1.82, 2.24) is 0 Å². The molecule has 0 radical (unpaired) electrons. The first-order chi connectivity index (χ1) is 7.13. The molecule has 2 unspecified atom stereocenters. The van der Waals surface area contributed by atoms with Gasteiger partial charge in [0.05, 0.1) is 12.7 Å². The van der Waals surface area contributed by atoms with E-state index >= 15 is 0 Å². The first-order valence-electron chi connectivity index (χ1n) is 5.22. The van der Waals surface area contributed by atoms with Gasteiger partial charge in [-0.3, -0.25) is 4.79 Å². The van der Waals surface area contributed by atoms with Gasteiger partial charge in [0.15, 0.2) is 5.78 Å². The van der Waals surface area contributed by atoms with Gasteiger partial charge < -0.3 is 9.26 Å². The fourth-order valence-electron chi connectivity index (χ4n) is 1.53.